The first-order chi connectivity index (χ1) is 9.19. The maximum Gasteiger partial charge on any atom is 0.322 e. The predicted molar refractivity (Wildman–Crippen MR) is 78.8 cm³/mol. The zero-order valence-electron chi connectivity index (χ0n) is 10.9. The molecule has 5 heteroatoms. The summed E-state index contributed by atoms with van der Waals surface area (Å²) in [6, 6.07) is 8.07. The van der Waals surface area contributed by atoms with Crippen LogP contribution in [-0.4, -0.2) is 30.9 Å². The summed E-state index contributed by atoms with van der Waals surface area (Å²) in [5, 5.41) is 4.07. The fourth-order valence-electron chi connectivity index (χ4n) is 1.77. The van der Waals surface area contributed by atoms with Gasteiger partial charge in [-0.1, -0.05) is 11.6 Å². The summed E-state index contributed by atoms with van der Waals surface area (Å²) >= 11 is 7.57. The molecule has 1 N–H and O–H groups in total. The molecule has 0 aromatic heterocycles. The van der Waals surface area contributed by atoms with Crippen molar-refractivity contribution in [1.29, 1.82) is 0 Å². The van der Waals surface area contributed by atoms with E-state index in [9.17, 15) is 4.79 Å². The number of nitrogens with one attached hydrogen (secondary N) is 1. The molecular weight excluding hydrogens is 282 g/mol. The highest BCUT2D eigenvalue weighted by molar-refractivity contribution is 7.99. The van der Waals surface area contributed by atoms with Crippen LogP contribution in [0.1, 0.15) is 19.3 Å². The summed E-state index contributed by atoms with van der Waals surface area (Å²) in [5.41, 5.74) is 0. The normalized spacial score (nSPS) is 16.1. The molecule has 1 aromatic rings. The van der Waals surface area contributed by atoms with E-state index in [2.05, 4.69) is 5.32 Å². The smallest absolute Gasteiger partial charge is 0.322 e. The number of esters is 1. The number of methoxy groups -OCH3 is 1. The predicted octanol–water partition coefficient (Wildman–Crippen LogP) is 3.12. The highest BCUT2D eigenvalue weighted by Gasteiger charge is 2.28. The molecule has 0 amide bonds. The lowest BCUT2D eigenvalue weighted by Crippen LogP contribution is -2.39. The minimum Gasteiger partial charge on any atom is -0.468 e. The minimum absolute atomic E-state index is 0.163. The highest BCUT2D eigenvalue weighted by Crippen LogP contribution is 2.23. The van der Waals surface area contributed by atoms with Crippen molar-refractivity contribution in [2.75, 3.05) is 12.9 Å². The molecule has 1 fully saturated rings. The topological polar surface area (TPSA) is 38.3 Å². The molecule has 1 aliphatic carbocycles. The molecule has 19 heavy (non-hydrogen) atoms. The molecule has 1 saturated carbocycles. The molecular formula is C14H18ClNO2S. The molecule has 104 valence electrons. The highest BCUT2D eigenvalue weighted by atomic mass is 35.5. The molecule has 2 rings (SSSR count). The van der Waals surface area contributed by atoms with E-state index in [1.807, 2.05) is 24.3 Å². The van der Waals surface area contributed by atoms with Crippen LogP contribution in [0.5, 0.6) is 0 Å². The average Bonchev–Trinajstić information content (AvgIpc) is 3.23. The van der Waals surface area contributed by atoms with Gasteiger partial charge in [0.1, 0.15) is 6.04 Å². The van der Waals surface area contributed by atoms with Crippen molar-refractivity contribution >= 4 is 29.3 Å². The SMILES string of the molecule is COC(=O)C(CCSc1ccc(Cl)cc1)NC1CC1. The van der Waals surface area contributed by atoms with E-state index < -0.39 is 0 Å². The molecule has 1 aromatic carbocycles. The number of benzene rings is 1. The van der Waals surface area contributed by atoms with Gasteiger partial charge in [0.25, 0.3) is 0 Å². The Morgan fingerprint density at radius 1 is 1.47 bits per heavy atom. The second kappa shape index (κ2) is 7.17. The van der Waals surface area contributed by atoms with E-state index in [0.717, 1.165) is 30.0 Å². The summed E-state index contributed by atoms with van der Waals surface area (Å²) in [4.78, 5) is 12.8. The standard InChI is InChI=1S/C14H18ClNO2S/c1-18-14(17)13(16-11-4-5-11)8-9-19-12-6-2-10(15)3-7-12/h2-3,6-7,11,13,16H,4-5,8-9H2,1H3. The number of hydrogen-bond donors (Lipinski definition) is 1. The Balaban J connectivity index is 1.77. The summed E-state index contributed by atoms with van der Waals surface area (Å²) in [6.45, 7) is 0. The molecule has 0 radical (unpaired) electrons. The van der Waals surface area contributed by atoms with Crippen molar-refractivity contribution in [1.82, 2.24) is 5.32 Å². The van der Waals surface area contributed by atoms with Gasteiger partial charge in [-0.15, -0.1) is 11.8 Å². The molecule has 0 saturated heterocycles. The van der Waals surface area contributed by atoms with Gasteiger partial charge in [-0.25, -0.2) is 0 Å². The van der Waals surface area contributed by atoms with Crippen molar-refractivity contribution in [3.05, 3.63) is 29.3 Å². The van der Waals surface area contributed by atoms with E-state index in [1.54, 1.807) is 11.8 Å². The van der Waals surface area contributed by atoms with Gasteiger partial charge in [-0.05, 0) is 43.5 Å². The van der Waals surface area contributed by atoms with Crippen LogP contribution in [0.4, 0.5) is 0 Å². The van der Waals surface area contributed by atoms with E-state index in [1.165, 1.54) is 12.0 Å². The van der Waals surface area contributed by atoms with Crippen LogP contribution in [0.25, 0.3) is 0 Å². The number of ether oxygens (including phenoxy) is 1. The first-order valence-electron chi connectivity index (χ1n) is 6.41. The van der Waals surface area contributed by atoms with E-state index in [4.69, 9.17) is 16.3 Å². The number of hydrogen-bond acceptors (Lipinski definition) is 4. The van der Waals surface area contributed by atoms with Crippen molar-refractivity contribution < 1.29 is 9.53 Å². The van der Waals surface area contributed by atoms with Crippen molar-refractivity contribution in [3.8, 4) is 0 Å². The molecule has 1 unspecified atom stereocenters. The molecule has 3 nitrogen and oxygen atoms in total. The lowest BCUT2D eigenvalue weighted by Gasteiger charge is -2.15. The molecule has 0 bridgehead atoms. The van der Waals surface area contributed by atoms with E-state index >= 15 is 0 Å². The largest absolute Gasteiger partial charge is 0.468 e. The lowest BCUT2D eigenvalue weighted by atomic mass is 10.2. The van der Waals surface area contributed by atoms with Gasteiger partial charge in [0.05, 0.1) is 7.11 Å². The molecule has 1 aliphatic rings. The van der Waals surface area contributed by atoms with Gasteiger partial charge in [0.2, 0.25) is 0 Å². The second-order valence-corrected chi connectivity index (χ2v) is 6.21. The van der Waals surface area contributed by atoms with Crippen LogP contribution in [0.15, 0.2) is 29.2 Å². The van der Waals surface area contributed by atoms with Crippen molar-refractivity contribution in [2.45, 2.75) is 36.2 Å². The van der Waals surface area contributed by atoms with Crippen LogP contribution >= 0.6 is 23.4 Å². The Morgan fingerprint density at radius 2 is 2.16 bits per heavy atom. The van der Waals surface area contributed by atoms with Crippen LogP contribution in [0.2, 0.25) is 5.02 Å². The zero-order valence-corrected chi connectivity index (χ0v) is 12.5. The fraction of sp³-hybridized carbons (Fsp3) is 0.500. The zero-order chi connectivity index (χ0) is 13.7. The first-order valence-corrected chi connectivity index (χ1v) is 7.77. The Labute approximate surface area is 123 Å². The van der Waals surface area contributed by atoms with Crippen molar-refractivity contribution in [2.24, 2.45) is 0 Å². The summed E-state index contributed by atoms with van der Waals surface area (Å²) in [7, 11) is 1.44. The minimum atomic E-state index is -0.183. The Morgan fingerprint density at radius 3 is 2.74 bits per heavy atom. The molecule has 0 aliphatic heterocycles. The van der Waals surface area contributed by atoms with Gasteiger partial charge in [0, 0.05) is 21.7 Å². The third kappa shape index (κ3) is 5.05. The maximum atomic E-state index is 11.7. The Hall–Kier alpha value is -0.710. The average molecular weight is 300 g/mol. The Kier molecular flexibility index (Phi) is 5.55. The van der Waals surface area contributed by atoms with Crippen molar-refractivity contribution in [3.63, 3.8) is 0 Å². The van der Waals surface area contributed by atoms with Gasteiger partial charge in [0.15, 0.2) is 0 Å². The van der Waals surface area contributed by atoms with Gasteiger partial charge in [-0.3, -0.25) is 4.79 Å². The number of thioether (sulfide) groups is 1. The van der Waals surface area contributed by atoms with Crippen LogP contribution in [0.3, 0.4) is 0 Å². The number of carbonyl (C=O) groups excluding carboxylic acids is 1. The van der Waals surface area contributed by atoms with Gasteiger partial charge < -0.3 is 10.1 Å². The maximum absolute atomic E-state index is 11.7. The van der Waals surface area contributed by atoms with Crippen LogP contribution < -0.4 is 5.32 Å². The molecule has 1 atom stereocenters. The van der Waals surface area contributed by atoms with Crippen LogP contribution in [0, 0.1) is 0 Å². The van der Waals surface area contributed by atoms with E-state index in [-0.39, 0.29) is 12.0 Å². The monoisotopic (exact) mass is 299 g/mol. The summed E-state index contributed by atoms with van der Waals surface area (Å²) < 4.78 is 4.83. The first kappa shape index (κ1) is 14.7. The Bertz CT molecular complexity index is 420. The van der Waals surface area contributed by atoms with Gasteiger partial charge in [-0.2, -0.15) is 0 Å². The van der Waals surface area contributed by atoms with E-state index in [0.29, 0.717) is 6.04 Å². The lowest BCUT2D eigenvalue weighted by molar-refractivity contribution is -0.143. The fourth-order valence-corrected chi connectivity index (χ4v) is 2.82. The number of rotatable bonds is 7. The number of halogens is 1. The quantitative estimate of drug-likeness (QED) is 0.620. The molecule has 0 heterocycles. The third-order valence-electron chi connectivity index (χ3n) is 2.99. The molecule has 0 spiro atoms. The second-order valence-electron chi connectivity index (χ2n) is 4.61. The summed E-state index contributed by atoms with van der Waals surface area (Å²) in [5.74, 6) is 0.713. The van der Waals surface area contributed by atoms with Gasteiger partial charge >= 0.3 is 5.97 Å². The summed E-state index contributed by atoms with van der Waals surface area (Å²) in [6.07, 6.45) is 3.10. The third-order valence-corrected chi connectivity index (χ3v) is 4.29. The van der Waals surface area contributed by atoms with Crippen LogP contribution in [-0.2, 0) is 9.53 Å². The number of carbonyl (C=O) groups is 1.